The second kappa shape index (κ2) is 7.07. The molecule has 0 bridgehead atoms. The first-order valence-electron chi connectivity index (χ1n) is 8.20. The third-order valence-corrected chi connectivity index (χ3v) is 4.75. The average Bonchev–Trinajstić information content (AvgIpc) is 2.38. The lowest BCUT2D eigenvalue weighted by molar-refractivity contribution is -0.155. The first kappa shape index (κ1) is 16.7. The SMILES string of the molecule is CCOC(=O)CC1(N2CCN(C)CC2)CC(C)OC(C)C1. The summed E-state index contributed by atoms with van der Waals surface area (Å²) in [5.74, 6) is -0.0715. The van der Waals surface area contributed by atoms with Crippen LogP contribution in [0.4, 0.5) is 0 Å². The lowest BCUT2D eigenvalue weighted by atomic mass is 9.79. The molecule has 0 aromatic carbocycles. The Morgan fingerprint density at radius 3 is 2.29 bits per heavy atom. The number of likely N-dealkylation sites (N-methyl/N-ethyl adjacent to an activating group) is 1. The van der Waals surface area contributed by atoms with E-state index in [0.29, 0.717) is 13.0 Å². The minimum atomic E-state index is -0.0927. The normalized spacial score (nSPS) is 35.6. The molecular formula is C16H30N2O3. The van der Waals surface area contributed by atoms with E-state index in [0.717, 1.165) is 39.0 Å². The highest BCUT2D eigenvalue weighted by Crippen LogP contribution is 2.37. The number of hydrogen-bond acceptors (Lipinski definition) is 5. The molecule has 2 fully saturated rings. The highest BCUT2D eigenvalue weighted by atomic mass is 16.5. The Hall–Kier alpha value is -0.650. The van der Waals surface area contributed by atoms with Gasteiger partial charge >= 0.3 is 5.97 Å². The largest absolute Gasteiger partial charge is 0.466 e. The molecule has 0 aromatic rings. The fourth-order valence-electron chi connectivity index (χ4n) is 3.92. The standard InChI is InChI=1S/C16H30N2O3/c1-5-20-15(19)12-16(10-13(2)21-14(3)11-16)18-8-6-17(4)7-9-18/h13-14H,5-12H2,1-4H3. The number of nitrogens with zero attached hydrogens (tertiary/aromatic N) is 2. The van der Waals surface area contributed by atoms with Crippen LogP contribution in [0.2, 0.25) is 0 Å². The molecule has 0 radical (unpaired) electrons. The predicted octanol–water partition coefficient (Wildman–Crippen LogP) is 1.51. The van der Waals surface area contributed by atoms with Gasteiger partial charge in [0, 0.05) is 31.7 Å². The van der Waals surface area contributed by atoms with Gasteiger partial charge in [0.2, 0.25) is 0 Å². The van der Waals surface area contributed by atoms with Crippen LogP contribution < -0.4 is 0 Å². The third kappa shape index (κ3) is 4.18. The van der Waals surface area contributed by atoms with Crippen LogP contribution in [0.3, 0.4) is 0 Å². The zero-order valence-electron chi connectivity index (χ0n) is 13.9. The maximum absolute atomic E-state index is 12.1. The number of hydrogen-bond donors (Lipinski definition) is 0. The summed E-state index contributed by atoms with van der Waals surface area (Å²) in [7, 11) is 2.16. The molecule has 0 spiro atoms. The molecule has 21 heavy (non-hydrogen) atoms. The first-order valence-corrected chi connectivity index (χ1v) is 8.20. The molecule has 2 heterocycles. The van der Waals surface area contributed by atoms with E-state index in [-0.39, 0.29) is 23.7 Å². The van der Waals surface area contributed by atoms with Crippen molar-refractivity contribution in [1.82, 2.24) is 9.80 Å². The summed E-state index contributed by atoms with van der Waals surface area (Å²) in [4.78, 5) is 17.0. The van der Waals surface area contributed by atoms with Crippen molar-refractivity contribution in [1.29, 1.82) is 0 Å². The van der Waals surface area contributed by atoms with Gasteiger partial charge in [0.25, 0.3) is 0 Å². The van der Waals surface area contributed by atoms with Crippen molar-refractivity contribution in [2.24, 2.45) is 0 Å². The zero-order valence-corrected chi connectivity index (χ0v) is 13.9. The van der Waals surface area contributed by atoms with Gasteiger partial charge in [0.05, 0.1) is 25.2 Å². The van der Waals surface area contributed by atoms with Gasteiger partial charge < -0.3 is 14.4 Å². The fourth-order valence-corrected chi connectivity index (χ4v) is 3.92. The number of rotatable bonds is 4. The molecule has 2 atom stereocenters. The van der Waals surface area contributed by atoms with Crippen LogP contribution in [0.1, 0.15) is 40.0 Å². The highest BCUT2D eigenvalue weighted by molar-refractivity contribution is 5.71. The van der Waals surface area contributed by atoms with Crippen LogP contribution in [0.15, 0.2) is 0 Å². The summed E-state index contributed by atoms with van der Waals surface area (Å²) in [6.45, 7) is 10.7. The van der Waals surface area contributed by atoms with E-state index < -0.39 is 0 Å². The van der Waals surface area contributed by atoms with Gasteiger partial charge in [0.1, 0.15) is 0 Å². The average molecular weight is 298 g/mol. The van der Waals surface area contributed by atoms with Gasteiger partial charge in [-0.05, 0) is 40.7 Å². The molecular weight excluding hydrogens is 268 g/mol. The lowest BCUT2D eigenvalue weighted by Gasteiger charge is -2.51. The lowest BCUT2D eigenvalue weighted by Crippen LogP contribution is -2.61. The van der Waals surface area contributed by atoms with Crippen LogP contribution in [-0.2, 0) is 14.3 Å². The van der Waals surface area contributed by atoms with E-state index in [1.807, 2.05) is 6.92 Å². The summed E-state index contributed by atoms with van der Waals surface area (Å²) in [6, 6.07) is 0. The number of esters is 1. The maximum atomic E-state index is 12.1. The number of carbonyl (C=O) groups excluding carboxylic acids is 1. The summed E-state index contributed by atoms with van der Waals surface area (Å²) in [5.41, 5.74) is -0.0927. The van der Waals surface area contributed by atoms with Crippen LogP contribution in [0.5, 0.6) is 0 Å². The maximum Gasteiger partial charge on any atom is 0.307 e. The number of piperazine rings is 1. The smallest absolute Gasteiger partial charge is 0.307 e. The molecule has 0 aliphatic carbocycles. The first-order chi connectivity index (χ1) is 9.95. The minimum absolute atomic E-state index is 0.0715. The Bertz CT molecular complexity index is 343. The van der Waals surface area contributed by atoms with E-state index in [1.165, 1.54) is 0 Å². The van der Waals surface area contributed by atoms with Gasteiger partial charge in [-0.1, -0.05) is 0 Å². The minimum Gasteiger partial charge on any atom is -0.466 e. The molecule has 0 amide bonds. The van der Waals surface area contributed by atoms with Crippen LogP contribution in [0.25, 0.3) is 0 Å². The molecule has 2 rings (SSSR count). The Morgan fingerprint density at radius 2 is 1.76 bits per heavy atom. The molecule has 5 heteroatoms. The van der Waals surface area contributed by atoms with Crippen molar-refractivity contribution in [2.75, 3.05) is 39.8 Å². The molecule has 0 aromatic heterocycles. The molecule has 2 saturated heterocycles. The molecule has 5 nitrogen and oxygen atoms in total. The fraction of sp³-hybridized carbons (Fsp3) is 0.938. The van der Waals surface area contributed by atoms with Crippen molar-refractivity contribution in [2.45, 2.75) is 57.8 Å². The van der Waals surface area contributed by atoms with Crippen LogP contribution in [-0.4, -0.2) is 73.3 Å². The highest BCUT2D eigenvalue weighted by Gasteiger charge is 2.45. The molecule has 0 N–H and O–H groups in total. The second-order valence-corrected chi connectivity index (χ2v) is 6.66. The molecule has 122 valence electrons. The van der Waals surface area contributed by atoms with Gasteiger partial charge in [-0.15, -0.1) is 0 Å². The van der Waals surface area contributed by atoms with Gasteiger partial charge in [-0.25, -0.2) is 0 Å². The number of ether oxygens (including phenoxy) is 2. The summed E-state index contributed by atoms with van der Waals surface area (Å²) in [6.07, 6.45) is 2.72. The van der Waals surface area contributed by atoms with Gasteiger partial charge in [0.15, 0.2) is 0 Å². The number of carbonyl (C=O) groups is 1. The van der Waals surface area contributed by atoms with E-state index in [4.69, 9.17) is 9.47 Å². The second-order valence-electron chi connectivity index (χ2n) is 6.66. The van der Waals surface area contributed by atoms with Crippen molar-refractivity contribution < 1.29 is 14.3 Å². The predicted molar refractivity (Wildman–Crippen MR) is 82.3 cm³/mol. The molecule has 2 unspecified atom stereocenters. The van der Waals surface area contributed by atoms with E-state index in [2.05, 4.69) is 30.7 Å². The van der Waals surface area contributed by atoms with Crippen LogP contribution in [0, 0.1) is 0 Å². The van der Waals surface area contributed by atoms with E-state index in [1.54, 1.807) is 0 Å². The Labute approximate surface area is 128 Å². The Balaban J connectivity index is 2.14. The molecule has 2 aliphatic heterocycles. The Morgan fingerprint density at radius 1 is 1.19 bits per heavy atom. The Kier molecular flexibility index (Phi) is 5.63. The molecule has 0 saturated carbocycles. The monoisotopic (exact) mass is 298 g/mol. The molecule has 2 aliphatic rings. The van der Waals surface area contributed by atoms with Crippen molar-refractivity contribution in [3.63, 3.8) is 0 Å². The quantitative estimate of drug-likeness (QED) is 0.736. The summed E-state index contributed by atoms with van der Waals surface area (Å²) in [5, 5.41) is 0. The van der Waals surface area contributed by atoms with E-state index >= 15 is 0 Å². The van der Waals surface area contributed by atoms with Crippen molar-refractivity contribution in [3.8, 4) is 0 Å². The topological polar surface area (TPSA) is 42.0 Å². The van der Waals surface area contributed by atoms with Gasteiger partial charge in [-0.2, -0.15) is 0 Å². The van der Waals surface area contributed by atoms with Crippen molar-refractivity contribution in [3.05, 3.63) is 0 Å². The summed E-state index contributed by atoms with van der Waals surface area (Å²) < 4.78 is 11.1. The van der Waals surface area contributed by atoms with Crippen LogP contribution >= 0.6 is 0 Å². The van der Waals surface area contributed by atoms with E-state index in [9.17, 15) is 4.79 Å². The third-order valence-electron chi connectivity index (χ3n) is 4.75. The zero-order chi connectivity index (χ0) is 15.5. The summed E-state index contributed by atoms with van der Waals surface area (Å²) >= 11 is 0. The van der Waals surface area contributed by atoms with Crippen molar-refractivity contribution >= 4 is 5.97 Å². The van der Waals surface area contributed by atoms with Gasteiger partial charge in [-0.3, -0.25) is 9.69 Å².